The summed E-state index contributed by atoms with van der Waals surface area (Å²) in [6.45, 7) is 3.60. The molecule has 110 valence electrons. The number of para-hydroxylation sites is 1. The van der Waals surface area contributed by atoms with Gasteiger partial charge in [0.2, 0.25) is 10.0 Å². The molecule has 0 saturated heterocycles. The molecule has 2 aliphatic rings. The molecule has 1 fully saturated rings. The summed E-state index contributed by atoms with van der Waals surface area (Å²) in [4.78, 5) is 0. The molecule has 3 rings (SSSR count). The van der Waals surface area contributed by atoms with Crippen LogP contribution in [0.25, 0.3) is 0 Å². The number of nitrogens with one attached hydrogen (secondary N) is 1. The van der Waals surface area contributed by atoms with Gasteiger partial charge in [0, 0.05) is 12.6 Å². The Kier molecular flexibility index (Phi) is 3.73. The first-order valence-corrected chi connectivity index (χ1v) is 8.98. The van der Waals surface area contributed by atoms with Gasteiger partial charge >= 0.3 is 0 Å². The zero-order chi connectivity index (χ0) is 14.2. The lowest BCUT2D eigenvalue weighted by molar-refractivity contribution is 0.512. The van der Waals surface area contributed by atoms with Crippen molar-refractivity contribution in [2.24, 2.45) is 0 Å². The zero-order valence-electron chi connectivity index (χ0n) is 11.9. The summed E-state index contributed by atoms with van der Waals surface area (Å²) in [6, 6.07) is 8.20. The van der Waals surface area contributed by atoms with E-state index in [0.717, 1.165) is 43.5 Å². The lowest BCUT2D eigenvalue weighted by Crippen LogP contribution is -2.34. The Morgan fingerprint density at radius 2 is 2.00 bits per heavy atom. The number of benzene rings is 1. The smallest absolute Gasteiger partial charge is 0.238 e. The van der Waals surface area contributed by atoms with Gasteiger partial charge in [-0.2, -0.15) is 0 Å². The minimum absolute atomic E-state index is 0.147. The first-order chi connectivity index (χ1) is 9.64. The van der Waals surface area contributed by atoms with Crippen molar-refractivity contribution < 1.29 is 8.42 Å². The average molecular weight is 294 g/mol. The second-order valence-electron chi connectivity index (χ2n) is 5.63. The van der Waals surface area contributed by atoms with Crippen LogP contribution < -0.4 is 9.62 Å². The van der Waals surface area contributed by atoms with Crippen LogP contribution in [0.3, 0.4) is 0 Å². The summed E-state index contributed by atoms with van der Waals surface area (Å²) >= 11 is 0. The van der Waals surface area contributed by atoms with Crippen molar-refractivity contribution in [3.8, 4) is 0 Å². The Morgan fingerprint density at radius 3 is 2.70 bits per heavy atom. The van der Waals surface area contributed by atoms with Crippen LogP contribution >= 0.6 is 0 Å². The highest BCUT2D eigenvalue weighted by atomic mass is 32.2. The van der Waals surface area contributed by atoms with Crippen molar-refractivity contribution in [3.63, 3.8) is 0 Å². The molecule has 5 heteroatoms. The molecule has 0 amide bonds. The summed E-state index contributed by atoms with van der Waals surface area (Å²) in [6.07, 6.45) is 3.52. The van der Waals surface area contributed by atoms with Crippen molar-refractivity contribution in [1.82, 2.24) is 5.32 Å². The maximum Gasteiger partial charge on any atom is 0.238 e. The van der Waals surface area contributed by atoms with Crippen LogP contribution in [0.1, 0.15) is 44.2 Å². The van der Waals surface area contributed by atoms with Gasteiger partial charge in [-0.05, 0) is 43.9 Å². The summed E-state index contributed by atoms with van der Waals surface area (Å²) in [5.41, 5.74) is 2.00. The van der Waals surface area contributed by atoms with Gasteiger partial charge in [-0.15, -0.1) is 0 Å². The predicted octanol–water partition coefficient (Wildman–Crippen LogP) is 2.43. The molecule has 20 heavy (non-hydrogen) atoms. The molecule has 1 aromatic rings. The fraction of sp³-hybridized carbons (Fsp3) is 0.600. The normalized spacial score (nSPS) is 23.2. The van der Waals surface area contributed by atoms with E-state index in [1.807, 2.05) is 18.2 Å². The number of fused-ring (bicyclic) bond motifs is 1. The van der Waals surface area contributed by atoms with Gasteiger partial charge in [-0.1, -0.05) is 25.1 Å². The Bertz CT molecular complexity index is 581. The molecule has 1 N–H and O–H groups in total. The molecule has 1 atom stereocenters. The zero-order valence-corrected chi connectivity index (χ0v) is 12.7. The third-order valence-electron chi connectivity index (χ3n) is 4.14. The van der Waals surface area contributed by atoms with Crippen molar-refractivity contribution in [2.45, 2.75) is 43.9 Å². The van der Waals surface area contributed by atoms with Gasteiger partial charge < -0.3 is 5.32 Å². The maximum absolute atomic E-state index is 12.6. The van der Waals surface area contributed by atoms with Gasteiger partial charge in [0.25, 0.3) is 0 Å². The summed E-state index contributed by atoms with van der Waals surface area (Å²) in [7, 11) is -3.16. The van der Waals surface area contributed by atoms with Crippen LogP contribution in [0, 0.1) is 0 Å². The molecule has 4 nitrogen and oxygen atoms in total. The number of sulfonamides is 1. The largest absolute Gasteiger partial charge is 0.310 e. The number of hydrogen-bond donors (Lipinski definition) is 1. The summed E-state index contributed by atoms with van der Waals surface area (Å²) in [5.74, 6) is 0. The van der Waals surface area contributed by atoms with E-state index in [9.17, 15) is 8.42 Å². The van der Waals surface area contributed by atoms with Crippen LogP contribution in [0.15, 0.2) is 24.3 Å². The van der Waals surface area contributed by atoms with Crippen LogP contribution in [-0.4, -0.2) is 26.8 Å². The average Bonchev–Trinajstić information content (AvgIpc) is 3.26. The van der Waals surface area contributed by atoms with E-state index in [0.29, 0.717) is 6.54 Å². The third-order valence-corrected chi connectivity index (χ3v) is 6.45. The Morgan fingerprint density at radius 1 is 1.25 bits per heavy atom. The highest BCUT2D eigenvalue weighted by Gasteiger charge is 2.41. The van der Waals surface area contributed by atoms with Crippen LogP contribution in [0.4, 0.5) is 5.69 Å². The maximum atomic E-state index is 12.6. The molecule has 0 radical (unpaired) electrons. The van der Waals surface area contributed by atoms with E-state index in [1.54, 1.807) is 4.31 Å². The van der Waals surface area contributed by atoms with E-state index in [1.165, 1.54) is 0 Å². The van der Waals surface area contributed by atoms with Crippen molar-refractivity contribution in [1.29, 1.82) is 0 Å². The highest BCUT2D eigenvalue weighted by molar-refractivity contribution is 7.93. The molecule has 0 aromatic heterocycles. The first-order valence-electron chi connectivity index (χ1n) is 7.48. The molecule has 0 spiro atoms. The minimum atomic E-state index is -3.16. The van der Waals surface area contributed by atoms with E-state index in [-0.39, 0.29) is 11.3 Å². The molecular weight excluding hydrogens is 272 g/mol. The van der Waals surface area contributed by atoms with Crippen LogP contribution in [-0.2, 0) is 10.0 Å². The van der Waals surface area contributed by atoms with Crippen molar-refractivity contribution >= 4 is 15.7 Å². The van der Waals surface area contributed by atoms with E-state index in [2.05, 4.69) is 18.3 Å². The van der Waals surface area contributed by atoms with E-state index >= 15 is 0 Å². The highest BCUT2D eigenvalue weighted by Crippen LogP contribution is 2.39. The Balaban J connectivity index is 2.02. The molecule has 1 heterocycles. The fourth-order valence-electron chi connectivity index (χ4n) is 2.99. The molecule has 1 aliphatic carbocycles. The monoisotopic (exact) mass is 294 g/mol. The summed E-state index contributed by atoms with van der Waals surface area (Å²) in [5, 5.41) is 3.33. The number of nitrogens with zero attached hydrogens (tertiary/aromatic N) is 1. The molecule has 1 unspecified atom stereocenters. The number of anilines is 1. The van der Waals surface area contributed by atoms with Crippen molar-refractivity contribution in [3.05, 3.63) is 29.8 Å². The molecular formula is C15H22N2O2S. The Labute approximate surface area is 121 Å². The van der Waals surface area contributed by atoms with Gasteiger partial charge in [-0.25, -0.2) is 8.42 Å². The summed E-state index contributed by atoms with van der Waals surface area (Å²) < 4.78 is 26.9. The van der Waals surface area contributed by atoms with Gasteiger partial charge in [0.05, 0.1) is 10.9 Å². The molecule has 0 bridgehead atoms. The number of hydrogen-bond acceptors (Lipinski definition) is 3. The van der Waals surface area contributed by atoms with Crippen LogP contribution in [0.2, 0.25) is 0 Å². The van der Waals surface area contributed by atoms with Gasteiger partial charge in [0.15, 0.2) is 0 Å². The predicted molar refractivity (Wildman–Crippen MR) is 81.4 cm³/mol. The second kappa shape index (κ2) is 5.37. The van der Waals surface area contributed by atoms with E-state index in [4.69, 9.17) is 0 Å². The molecule has 1 aromatic carbocycles. The van der Waals surface area contributed by atoms with Gasteiger partial charge in [-0.3, -0.25) is 4.31 Å². The lowest BCUT2D eigenvalue weighted by Gasteiger charge is -2.25. The Hall–Kier alpha value is -1.07. The fourth-order valence-corrected chi connectivity index (χ4v) is 4.91. The molecule has 1 aliphatic heterocycles. The quantitative estimate of drug-likeness (QED) is 0.928. The van der Waals surface area contributed by atoms with Gasteiger partial charge in [0.1, 0.15) is 0 Å². The standard InChI is InChI=1S/C15H22N2O2S/c1-2-16-14-7-5-11-17(20(18,19)12-9-10-12)15-8-4-3-6-13(14)15/h3-4,6,8,12,14,16H,2,5,7,9-11H2,1H3. The van der Waals surface area contributed by atoms with E-state index < -0.39 is 10.0 Å². The lowest BCUT2D eigenvalue weighted by atomic mass is 10.0. The first kappa shape index (κ1) is 13.9. The second-order valence-corrected chi connectivity index (χ2v) is 7.77. The number of rotatable bonds is 4. The molecule has 1 saturated carbocycles. The van der Waals surface area contributed by atoms with Crippen LogP contribution in [0.5, 0.6) is 0 Å². The van der Waals surface area contributed by atoms with Crippen molar-refractivity contribution in [2.75, 3.05) is 17.4 Å². The topological polar surface area (TPSA) is 49.4 Å². The SMILES string of the molecule is CCNC1CCCN(S(=O)(=O)C2CC2)c2ccccc21. The minimum Gasteiger partial charge on any atom is -0.310 e. The third kappa shape index (κ3) is 2.44.